The number of anilines is 1. The molecule has 0 saturated heterocycles. The minimum Gasteiger partial charge on any atom is -0.396 e. The van der Waals surface area contributed by atoms with Crippen LogP contribution in [-0.4, -0.2) is 24.3 Å². The Bertz CT molecular complexity index is 458. The van der Waals surface area contributed by atoms with Gasteiger partial charge in [0.25, 0.3) is 0 Å². The molecule has 0 aliphatic heterocycles. The van der Waals surface area contributed by atoms with E-state index in [9.17, 15) is 4.79 Å². The lowest BCUT2D eigenvalue weighted by molar-refractivity contribution is 0.206. The van der Waals surface area contributed by atoms with E-state index in [0.717, 1.165) is 28.6 Å². The number of aryl methyl sites for hydroxylation is 1. The van der Waals surface area contributed by atoms with Crippen LogP contribution in [0.15, 0.2) is 22.7 Å². The van der Waals surface area contributed by atoms with E-state index in [1.165, 1.54) is 0 Å². The first-order valence-electron chi connectivity index (χ1n) is 5.97. The lowest BCUT2D eigenvalue weighted by atomic mass is 10.1. The van der Waals surface area contributed by atoms with Gasteiger partial charge in [-0.3, -0.25) is 0 Å². The molecule has 0 spiro atoms. The van der Waals surface area contributed by atoms with E-state index in [1.54, 1.807) is 0 Å². The van der Waals surface area contributed by atoms with Crippen molar-refractivity contribution in [3.05, 3.63) is 28.2 Å². The van der Waals surface area contributed by atoms with Gasteiger partial charge in [0.2, 0.25) is 0 Å². The summed E-state index contributed by atoms with van der Waals surface area (Å²) in [5.41, 5.74) is 1.77. The van der Waals surface area contributed by atoms with Crippen molar-refractivity contribution < 1.29 is 9.90 Å². The number of benzene rings is 1. The number of aliphatic hydroxyl groups excluding tert-OH is 1. The van der Waals surface area contributed by atoms with Crippen molar-refractivity contribution in [2.75, 3.05) is 18.5 Å². The number of aliphatic hydroxyl groups is 1. The Kier molecular flexibility index (Phi) is 3.92. The smallest absolute Gasteiger partial charge is 0.319 e. The first kappa shape index (κ1) is 13.4. The zero-order chi connectivity index (χ0) is 13.2. The fourth-order valence-corrected chi connectivity index (χ4v) is 1.98. The molecule has 0 bridgehead atoms. The van der Waals surface area contributed by atoms with Crippen LogP contribution in [-0.2, 0) is 0 Å². The van der Waals surface area contributed by atoms with E-state index in [4.69, 9.17) is 5.11 Å². The molecule has 0 atom stereocenters. The van der Waals surface area contributed by atoms with Crippen LogP contribution >= 0.6 is 15.9 Å². The highest BCUT2D eigenvalue weighted by atomic mass is 79.9. The molecule has 0 unspecified atom stereocenters. The molecule has 1 aliphatic carbocycles. The number of amides is 2. The number of carbonyl (C=O) groups excluding carboxylic acids is 1. The van der Waals surface area contributed by atoms with E-state index in [-0.39, 0.29) is 18.1 Å². The highest BCUT2D eigenvalue weighted by Gasteiger charge is 2.42. The molecule has 2 amide bonds. The first-order chi connectivity index (χ1) is 8.54. The summed E-state index contributed by atoms with van der Waals surface area (Å²) in [6.07, 6.45) is 1.97. The third-order valence-corrected chi connectivity index (χ3v) is 4.22. The summed E-state index contributed by atoms with van der Waals surface area (Å²) in [4.78, 5) is 11.7. The Morgan fingerprint density at radius 2 is 2.22 bits per heavy atom. The van der Waals surface area contributed by atoms with Crippen molar-refractivity contribution in [3.8, 4) is 0 Å². The fourth-order valence-electron chi connectivity index (χ4n) is 1.73. The Morgan fingerprint density at radius 3 is 2.78 bits per heavy atom. The molecule has 5 heteroatoms. The van der Waals surface area contributed by atoms with Crippen molar-refractivity contribution in [2.24, 2.45) is 5.41 Å². The Morgan fingerprint density at radius 1 is 1.50 bits per heavy atom. The molecule has 4 nitrogen and oxygen atoms in total. The van der Waals surface area contributed by atoms with Gasteiger partial charge in [0, 0.05) is 22.1 Å². The summed E-state index contributed by atoms with van der Waals surface area (Å²) in [6, 6.07) is 5.43. The molecule has 1 saturated carbocycles. The first-order valence-corrected chi connectivity index (χ1v) is 6.76. The molecule has 1 aromatic rings. The minimum absolute atomic E-state index is 0.0625. The van der Waals surface area contributed by atoms with Gasteiger partial charge in [-0.2, -0.15) is 0 Å². The summed E-state index contributed by atoms with van der Waals surface area (Å²) in [5.74, 6) is 0. The van der Waals surface area contributed by atoms with E-state index < -0.39 is 0 Å². The minimum atomic E-state index is -0.226. The molecule has 0 radical (unpaired) electrons. The fraction of sp³-hybridized carbons (Fsp3) is 0.462. The Labute approximate surface area is 115 Å². The van der Waals surface area contributed by atoms with Crippen LogP contribution in [0.2, 0.25) is 0 Å². The second-order valence-electron chi connectivity index (χ2n) is 4.93. The number of carbonyl (C=O) groups is 1. The van der Waals surface area contributed by atoms with Crippen LogP contribution in [0.25, 0.3) is 0 Å². The van der Waals surface area contributed by atoms with E-state index in [2.05, 4.69) is 26.6 Å². The van der Waals surface area contributed by atoms with Gasteiger partial charge < -0.3 is 15.7 Å². The highest BCUT2D eigenvalue weighted by molar-refractivity contribution is 9.10. The third-order valence-electron chi connectivity index (χ3n) is 3.33. The monoisotopic (exact) mass is 312 g/mol. The number of nitrogens with one attached hydrogen (secondary N) is 2. The molecular weight excluding hydrogens is 296 g/mol. The molecule has 0 heterocycles. The summed E-state index contributed by atoms with van der Waals surface area (Å²) in [6.45, 7) is 2.65. The molecule has 98 valence electrons. The van der Waals surface area contributed by atoms with Gasteiger partial charge in [-0.05, 0) is 43.5 Å². The van der Waals surface area contributed by atoms with Crippen LogP contribution in [0.1, 0.15) is 18.4 Å². The second kappa shape index (κ2) is 5.28. The average Bonchev–Trinajstić information content (AvgIpc) is 3.12. The number of halogens is 1. The maximum atomic E-state index is 11.7. The maximum Gasteiger partial charge on any atom is 0.319 e. The van der Waals surface area contributed by atoms with Crippen molar-refractivity contribution in [2.45, 2.75) is 19.8 Å². The average molecular weight is 313 g/mol. The van der Waals surface area contributed by atoms with Crippen molar-refractivity contribution in [1.82, 2.24) is 5.32 Å². The molecule has 0 aromatic heterocycles. The zero-order valence-corrected chi connectivity index (χ0v) is 11.9. The number of urea groups is 1. The van der Waals surface area contributed by atoms with Gasteiger partial charge in [0.1, 0.15) is 0 Å². The van der Waals surface area contributed by atoms with Gasteiger partial charge in [-0.25, -0.2) is 4.79 Å². The second-order valence-corrected chi connectivity index (χ2v) is 5.78. The third kappa shape index (κ3) is 3.23. The van der Waals surface area contributed by atoms with Crippen LogP contribution in [0, 0.1) is 12.3 Å². The molecule has 2 rings (SSSR count). The van der Waals surface area contributed by atoms with Crippen LogP contribution in [0.4, 0.5) is 10.5 Å². The van der Waals surface area contributed by atoms with Gasteiger partial charge >= 0.3 is 6.03 Å². The normalized spacial score (nSPS) is 16.2. The lowest BCUT2D eigenvalue weighted by Gasteiger charge is -2.13. The van der Waals surface area contributed by atoms with Crippen molar-refractivity contribution in [1.29, 1.82) is 0 Å². The molecule has 1 aliphatic rings. The van der Waals surface area contributed by atoms with Crippen LogP contribution in [0.3, 0.4) is 0 Å². The summed E-state index contributed by atoms with van der Waals surface area (Å²) in [5, 5.41) is 14.7. The zero-order valence-electron chi connectivity index (χ0n) is 10.3. The van der Waals surface area contributed by atoms with E-state index >= 15 is 0 Å². The number of rotatable bonds is 4. The van der Waals surface area contributed by atoms with Gasteiger partial charge in [0.15, 0.2) is 0 Å². The van der Waals surface area contributed by atoms with Gasteiger partial charge in [-0.1, -0.05) is 15.9 Å². The predicted octanol–water partition coefficient (Wildman–Crippen LogP) is 2.65. The van der Waals surface area contributed by atoms with Gasteiger partial charge in [-0.15, -0.1) is 0 Å². The van der Waals surface area contributed by atoms with Crippen molar-refractivity contribution in [3.63, 3.8) is 0 Å². The Balaban J connectivity index is 1.85. The van der Waals surface area contributed by atoms with E-state index in [1.807, 2.05) is 25.1 Å². The standard InChI is InChI=1S/C13H17BrN2O2/c1-9-6-10(2-3-11(9)14)16-12(18)15-7-13(8-17)4-5-13/h2-3,6,17H,4-5,7-8H2,1H3,(H2,15,16,18). The summed E-state index contributed by atoms with van der Waals surface area (Å²) < 4.78 is 1.02. The molecule has 18 heavy (non-hydrogen) atoms. The van der Waals surface area contributed by atoms with E-state index in [0.29, 0.717) is 6.54 Å². The SMILES string of the molecule is Cc1cc(NC(=O)NCC2(CO)CC2)ccc1Br. The molecule has 1 aromatic carbocycles. The maximum absolute atomic E-state index is 11.7. The number of hydrogen-bond acceptors (Lipinski definition) is 2. The van der Waals surface area contributed by atoms with Gasteiger partial charge in [0.05, 0.1) is 6.61 Å². The largest absolute Gasteiger partial charge is 0.396 e. The van der Waals surface area contributed by atoms with Crippen molar-refractivity contribution >= 4 is 27.6 Å². The topological polar surface area (TPSA) is 61.4 Å². The van der Waals surface area contributed by atoms with Crippen LogP contribution < -0.4 is 10.6 Å². The summed E-state index contributed by atoms with van der Waals surface area (Å²) in [7, 11) is 0. The molecular formula is C13H17BrN2O2. The summed E-state index contributed by atoms with van der Waals surface area (Å²) >= 11 is 3.41. The Hall–Kier alpha value is -1.07. The molecule has 3 N–H and O–H groups in total. The highest BCUT2D eigenvalue weighted by Crippen LogP contribution is 2.44. The number of hydrogen-bond donors (Lipinski definition) is 3. The predicted molar refractivity (Wildman–Crippen MR) is 74.7 cm³/mol. The molecule has 1 fully saturated rings. The lowest BCUT2D eigenvalue weighted by Crippen LogP contribution is -2.35. The van der Waals surface area contributed by atoms with Crippen LogP contribution in [0.5, 0.6) is 0 Å². The quantitative estimate of drug-likeness (QED) is 0.800.